The van der Waals surface area contributed by atoms with Crippen LogP contribution in [0, 0.1) is 0 Å². The Kier molecular flexibility index (Phi) is 5.73. The van der Waals surface area contributed by atoms with E-state index in [9.17, 15) is 0 Å². The predicted octanol–water partition coefficient (Wildman–Crippen LogP) is 4.96. The summed E-state index contributed by atoms with van der Waals surface area (Å²) in [6.45, 7) is 4.26. The molecule has 1 heterocycles. The van der Waals surface area contributed by atoms with Crippen molar-refractivity contribution in [1.29, 1.82) is 0 Å². The third-order valence-corrected chi connectivity index (χ3v) is 3.99. The summed E-state index contributed by atoms with van der Waals surface area (Å²) in [7, 11) is 0. The monoisotopic (exact) mass is 339 g/mol. The number of nitrogens with two attached hydrogens (primary N) is 1. The van der Waals surface area contributed by atoms with Crippen molar-refractivity contribution < 1.29 is 0 Å². The van der Waals surface area contributed by atoms with Crippen LogP contribution in [0.5, 0.6) is 0 Å². The molecule has 3 heteroatoms. The minimum atomic E-state index is 0.568. The van der Waals surface area contributed by atoms with Crippen LogP contribution < -0.4 is 5.73 Å². The number of aliphatic imine (C=N–C) groups is 1. The van der Waals surface area contributed by atoms with Crippen LogP contribution in [0.1, 0.15) is 16.8 Å². The van der Waals surface area contributed by atoms with Gasteiger partial charge in [0.05, 0.1) is 12.2 Å². The fourth-order valence-electron chi connectivity index (χ4n) is 2.55. The number of rotatable bonds is 6. The molecule has 0 spiro atoms. The van der Waals surface area contributed by atoms with Crippen molar-refractivity contribution in [3.63, 3.8) is 0 Å². The van der Waals surface area contributed by atoms with E-state index in [0.717, 1.165) is 22.4 Å². The Morgan fingerprint density at radius 2 is 1.81 bits per heavy atom. The molecule has 0 radical (unpaired) electrons. The number of benzene rings is 2. The summed E-state index contributed by atoms with van der Waals surface area (Å²) in [4.78, 5) is 8.66. The number of hydrogen-bond donors (Lipinski definition) is 1. The van der Waals surface area contributed by atoms with Crippen LogP contribution in [0.15, 0.2) is 90.6 Å². The molecule has 3 nitrogen and oxygen atoms in total. The maximum Gasteiger partial charge on any atom is 0.0654 e. The van der Waals surface area contributed by atoms with E-state index in [1.54, 1.807) is 12.3 Å². The van der Waals surface area contributed by atoms with Gasteiger partial charge >= 0.3 is 0 Å². The average molecular weight is 339 g/mol. The Morgan fingerprint density at radius 3 is 2.54 bits per heavy atom. The molecule has 0 aliphatic carbocycles. The summed E-state index contributed by atoms with van der Waals surface area (Å²) in [5.74, 6) is 0. The molecule has 0 unspecified atom stereocenters. The molecular weight excluding hydrogens is 318 g/mol. The normalized spacial score (nSPS) is 11.6. The molecule has 0 atom stereocenters. The van der Waals surface area contributed by atoms with Gasteiger partial charge in [0.2, 0.25) is 0 Å². The minimum absolute atomic E-state index is 0.568. The molecule has 2 N–H and O–H groups in total. The van der Waals surface area contributed by atoms with Crippen LogP contribution in [-0.2, 0) is 6.54 Å². The molecule has 0 saturated heterocycles. The van der Waals surface area contributed by atoms with Gasteiger partial charge in [-0.25, -0.2) is 0 Å². The van der Waals surface area contributed by atoms with E-state index in [-0.39, 0.29) is 0 Å². The summed E-state index contributed by atoms with van der Waals surface area (Å²) >= 11 is 0. The highest BCUT2D eigenvalue weighted by Crippen LogP contribution is 2.21. The second-order valence-corrected chi connectivity index (χ2v) is 5.85. The maximum absolute atomic E-state index is 6.21. The molecule has 3 aromatic rings. The van der Waals surface area contributed by atoms with Crippen LogP contribution >= 0.6 is 0 Å². The minimum Gasteiger partial charge on any atom is -0.398 e. The fraction of sp³-hybridized carbons (Fsp3) is 0.0435. The molecule has 0 amide bonds. The summed E-state index contributed by atoms with van der Waals surface area (Å²) in [5, 5.41) is 0. The number of aromatic nitrogens is 1. The van der Waals surface area contributed by atoms with Crippen molar-refractivity contribution in [3.8, 4) is 11.1 Å². The van der Waals surface area contributed by atoms with Gasteiger partial charge in [-0.1, -0.05) is 61.2 Å². The standard InChI is InChI=1S/C23H21N3/c1-2-22-12-11-18(17-26-22)16-25-14-13-23(24)21-10-6-9-20(15-21)19-7-4-3-5-8-19/h2-15,17H,1,16,24H2. The summed E-state index contributed by atoms with van der Waals surface area (Å²) < 4.78 is 0. The Morgan fingerprint density at radius 1 is 1.00 bits per heavy atom. The van der Waals surface area contributed by atoms with Crippen molar-refractivity contribution in [2.24, 2.45) is 10.7 Å². The van der Waals surface area contributed by atoms with Gasteiger partial charge < -0.3 is 5.73 Å². The number of hydrogen-bond acceptors (Lipinski definition) is 3. The molecular formula is C23H21N3. The molecule has 0 aliphatic heterocycles. The predicted molar refractivity (Wildman–Crippen MR) is 111 cm³/mol. The van der Waals surface area contributed by atoms with Crippen LogP contribution in [0.4, 0.5) is 0 Å². The molecule has 0 aliphatic rings. The zero-order valence-corrected chi connectivity index (χ0v) is 14.5. The zero-order valence-electron chi connectivity index (χ0n) is 14.5. The van der Waals surface area contributed by atoms with Gasteiger partial charge in [-0.05, 0) is 46.5 Å². The van der Waals surface area contributed by atoms with Gasteiger partial charge in [-0.3, -0.25) is 9.98 Å². The van der Waals surface area contributed by atoms with Crippen LogP contribution in [0.25, 0.3) is 22.9 Å². The highest BCUT2D eigenvalue weighted by atomic mass is 14.7. The van der Waals surface area contributed by atoms with E-state index < -0.39 is 0 Å². The molecule has 26 heavy (non-hydrogen) atoms. The lowest BCUT2D eigenvalue weighted by atomic mass is 10.0. The topological polar surface area (TPSA) is 51.3 Å². The van der Waals surface area contributed by atoms with Crippen LogP contribution in [-0.4, -0.2) is 11.2 Å². The number of pyridine rings is 1. The van der Waals surface area contributed by atoms with Crippen LogP contribution in [0.2, 0.25) is 0 Å². The molecule has 0 fully saturated rings. The molecule has 128 valence electrons. The van der Waals surface area contributed by atoms with E-state index >= 15 is 0 Å². The smallest absolute Gasteiger partial charge is 0.0654 e. The van der Waals surface area contributed by atoms with E-state index in [4.69, 9.17) is 5.73 Å². The van der Waals surface area contributed by atoms with Crippen molar-refractivity contribution >= 4 is 18.0 Å². The second-order valence-electron chi connectivity index (χ2n) is 5.85. The maximum atomic E-state index is 6.21. The summed E-state index contributed by atoms with van der Waals surface area (Å²) in [6, 6.07) is 22.4. The lowest BCUT2D eigenvalue weighted by Crippen LogP contribution is -1.97. The van der Waals surface area contributed by atoms with Crippen molar-refractivity contribution in [1.82, 2.24) is 4.98 Å². The molecule has 2 aromatic carbocycles. The van der Waals surface area contributed by atoms with Gasteiger partial charge in [0.25, 0.3) is 0 Å². The third-order valence-electron chi connectivity index (χ3n) is 3.99. The van der Waals surface area contributed by atoms with Crippen molar-refractivity contribution in [2.45, 2.75) is 6.54 Å². The van der Waals surface area contributed by atoms with E-state index in [0.29, 0.717) is 12.2 Å². The van der Waals surface area contributed by atoms with Crippen LogP contribution in [0.3, 0.4) is 0 Å². The lowest BCUT2D eigenvalue weighted by molar-refractivity contribution is 1.05. The van der Waals surface area contributed by atoms with Gasteiger partial charge in [-0.15, -0.1) is 0 Å². The Balaban J connectivity index is 1.68. The third kappa shape index (κ3) is 4.54. The first kappa shape index (κ1) is 17.4. The Bertz CT molecular complexity index is 923. The van der Waals surface area contributed by atoms with Crippen molar-refractivity contribution in [2.75, 3.05) is 0 Å². The summed E-state index contributed by atoms with van der Waals surface area (Å²) in [5.41, 5.74) is 12.1. The van der Waals surface area contributed by atoms with E-state index in [2.05, 4.69) is 40.8 Å². The number of allylic oxidation sites excluding steroid dienone is 1. The first-order chi connectivity index (χ1) is 12.8. The van der Waals surface area contributed by atoms with Gasteiger partial charge in [0, 0.05) is 18.1 Å². The average Bonchev–Trinajstić information content (AvgIpc) is 2.72. The number of nitrogens with zero attached hydrogens (tertiary/aromatic N) is 2. The second kappa shape index (κ2) is 8.58. The quantitative estimate of drug-likeness (QED) is 0.645. The molecule has 3 rings (SSSR count). The highest BCUT2D eigenvalue weighted by molar-refractivity contribution is 5.84. The molecule has 0 saturated carbocycles. The SMILES string of the molecule is C=Cc1ccc(CN=CC=C(N)c2cccc(-c3ccccc3)c2)cn1. The summed E-state index contributed by atoms with van der Waals surface area (Å²) in [6.07, 6.45) is 7.10. The van der Waals surface area contributed by atoms with Gasteiger partial charge in [0.1, 0.15) is 0 Å². The first-order valence-corrected chi connectivity index (χ1v) is 8.45. The Hall–Kier alpha value is -3.46. The fourth-order valence-corrected chi connectivity index (χ4v) is 2.55. The van der Waals surface area contributed by atoms with Gasteiger partial charge in [0.15, 0.2) is 0 Å². The largest absolute Gasteiger partial charge is 0.398 e. The highest BCUT2D eigenvalue weighted by Gasteiger charge is 2.00. The van der Waals surface area contributed by atoms with Gasteiger partial charge in [-0.2, -0.15) is 0 Å². The molecule has 0 bridgehead atoms. The van der Waals surface area contributed by atoms with E-state index in [1.165, 1.54) is 5.56 Å². The van der Waals surface area contributed by atoms with E-state index in [1.807, 2.05) is 54.7 Å². The first-order valence-electron chi connectivity index (χ1n) is 8.45. The Labute approximate surface area is 154 Å². The molecule has 1 aromatic heterocycles. The van der Waals surface area contributed by atoms with Crippen molar-refractivity contribution in [3.05, 3.63) is 102 Å². The lowest BCUT2D eigenvalue weighted by Gasteiger charge is -2.05. The zero-order chi connectivity index (χ0) is 18.2.